The van der Waals surface area contributed by atoms with Crippen molar-refractivity contribution in [3.63, 3.8) is 0 Å². The van der Waals surface area contributed by atoms with Crippen LogP contribution in [0.3, 0.4) is 0 Å². The van der Waals surface area contributed by atoms with E-state index in [4.69, 9.17) is 76.4 Å². The molecule has 2 heterocycles. The summed E-state index contributed by atoms with van der Waals surface area (Å²) < 4.78 is 20.2. The molecule has 2 aromatic rings. The lowest BCUT2D eigenvalue weighted by Gasteiger charge is -2.22. The summed E-state index contributed by atoms with van der Waals surface area (Å²) in [5.41, 5.74) is 1.83. The summed E-state index contributed by atoms with van der Waals surface area (Å²) in [6.07, 6.45) is 27.2. The number of benzene rings is 1. The van der Waals surface area contributed by atoms with Gasteiger partial charge in [-0.15, -0.1) is 18.9 Å². The number of aliphatic hydroxyl groups excluding tert-OH is 10. The van der Waals surface area contributed by atoms with Crippen LogP contribution in [0, 0.1) is 12.3 Å². The maximum Gasteiger partial charge on any atom is 0.407 e. The van der Waals surface area contributed by atoms with Crippen LogP contribution in [0.1, 0.15) is 204 Å². The van der Waals surface area contributed by atoms with Gasteiger partial charge in [-0.3, -0.25) is 0 Å². The van der Waals surface area contributed by atoms with Gasteiger partial charge in [0.05, 0.1) is 52.4 Å². The molecule has 1 saturated carbocycles. The molecule has 496 valence electrons. The van der Waals surface area contributed by atoms with Crippen molar-refractivity contribution < 1.29 is 74.8 Å². The summed E-state index contributed by atoms with van der Waals surface area (Å²) in [6.45, 7) is 29.3. The number of nitrogens with zero attached hydrogens (tertiary/aromatic N) is 1. The molecule has 0 bridgehead atoms. The highest BCUT2D eigenvalue weighted by atomic mass is 33.1. The molecular weight excluding hydrogens is 1100 g/mol. The largest absolute Gasteiger partial charge is 0.444 e. The van der Waals surface area contributed by atoms with Crippen molar-refractivity contribution >= 4 is 27.7 Å². The smallest absolute Gasteiger partial charge is 0.407 e. The number of ether oxygens (including phenoxy) is 4. The summed E-state index contributed by atoms with van der Waals surface area (Å²) in [6, 6.07) is 13.8. The minimum atomic E-state index is -0.494. The van der Waals surface area contributed by atoms with E-state index in [0.717, 1.165) is 119 Å². The highest BCUT2D eigenvalue weighted by molar-refractivity contribution is 8.76. The number of aliphatic hydroxyl groups is 10. The summed E-state index contributed by atoms with van der Waals surface area (Å²) in [5.74, 6) is 3.18. The molecule has 11 N–H and O–H groups in total. The number of aromatic nitrogens is 1. The lowest BCUT2D eigenvalue weighted by molar-refractivity contribution is -0.166. The van der Waals surface area contributed by atoms with E-state index in [1.807, 2.05) is 62.4 Å². The van der Waals surface area contributed by atoms with Crippen molar-refractivity contribution in [1.82, 2.24) is 10.3 Å². The molecule has 4 rings (SSSR count). The second-order valence-electron chi connectivity index (χ2n) is 18.1. The first-order valence-electron chi connectivity index (χ1n) is 29.7. The molecule has 2 aliphatic rings. The number of terminal acetylenes is 1. The maximum atomic E-state index is 10.8. The van der Waals surface area contributed by atoms with Gasteiger partial charge >= 0.3 is 6.09 Å². The fraction of sp³-hybridized carbons (Fsp3) is 0.750. The van der Waals surface area contributed by atoms with Crippen molar-refractivity contribution in [2.75, 3.05) is 91.6 Å². The Labute approximate surface area is 515 Å². The average Bonchev–Trinajstić information content (AvgIpc) is 3.49. The van der Waals surface area contributed by atoms with Crippen LogP contribution in [-0.2, 0) is 32.0 Å². The number of unbranched alkanes of at least 4 members (excludes halogenated alkanes) is 3. The highest BCUT2D eigenvalue weighted by Gasteiger charge is 2.15. The summed E-state index contributed by atoms with van der Waals surface area (Å²) in [4.78, 5) is 14.9. The van der Waals surface area contributed by atoms with Gasteiger partial charge in [-0.1, -0.05) is 142 Å². The summed E-state index contributed by atoms with van der Waals surface area (Å²) in [5, 5.41) is 86.2. The average molecular weight is 1230 g/mol. The van der Waals surface area contributed by atoms with Gasteiger partial charge in [-0.2, -0.15) is 0 Å². The van der Waals surface area contributed by atoms with Gasteiger partial charge in [0.25, 0.3) is 0 Å². The van der Waals surface area contributed by atoms with Gasteiger partial charge in [0, 0.05) is 64.6 Å². The quantitative estimate of drug-likeness (QED) is 0.0226. The van der Waals surface area contributed by atoms with Crippen LogP contribution in [-0.4, -0.2) is 172 Å². The third-order valence-corrected chi connectivity index (χ3v) is 11.3. The van der Waals surface area contributed by atoms with Crippen LogP contribution in [0.4, 0.5) is 4.79 Å². The van der Waals surface area contributed by atoms with Crippen molar-refractivity contribution in [3.8, 4) is 12.3 Å². The number of allylic oxidation sites excluding steroid dienone is 1. The molecular formula is C64H128N2O15S2. The number of nitrogens with one attached hydrogen (secondary N) is 1. The van der Waals surface area contributed by atoms with Crippen LogP contribution in [0.15, 0.2) is 66.3 Å². The second-order valence-corrected chi connectivity index (χ2v) is 20.5. The van der Waals surface area contributed by atoms with Crippen molar-refractivity contribution in [2.45, 2.75) is 229 Å². The zero-order valence-electron chi connectivity index (χ0n) is 53.2. The molecule has 1 aliphatic carbocycles. The van der Waals surface area contributed by atoms with Crippen molar-refractivity contribution in [1.29, 1.82) is 0 Å². The Balaban J connectivity index is -0.000000105. The lowest BCUT2D eigenvalue weighted by atomic mass is 9.98. The number of aryl methyl sites for hydroxylation is 1. The number of hydrogen-bond donors (Lipinski definition) is 11. The molecule has 1 atom stereocenters. The Morgan fingerprint density at radius 3 is 1.54 bits per heavy atom. The standard InChI is InChI=1S/C9H12O.C7H15NO3.C7H9NOS2.C7H14O3.C6H12O.C5H12O2.3C4H10O.C4H8.C4H6.C2H6O.CH4/c1-2-8-3-5-9(7-10)6-4-8;1-7(2,3)11-6(10)8-4-5-9;9-5-6-10-11-7-3-1-2-4-8-7;8-4-6-10-7-3-1-2-5-9-7;7-6-4-2-1-3-5-6;1-2-4-7-5-3-6;3*1-2-3-4-5;2*1-3-4-2;1-2-3;/h3-6,10H,2,7H2,1H3;9H,4-5H2,1-3H3,(H,8,10);1-4,9H,5-6H2;7-8H,1-6H2;6-7H,1-5H2;6H,2-5H2,1H3;3*5H,2-4H2,1H3;3H,1,4H2,2H3;1H,4H2,2H3;3H,2H2,1H3;1H4. The van der Waals surface area contributed by atoms with Crippen LogP contribution >= 0.6 is 21.6 Å². The zero-order valence-corrected chi connectivity index (χ0v) is 54.9. The number of carbonyl (C=O) groups is 1. The van der Waals surface area contributed by atoms with Gasteiger partial charge in [-0.25, -0.2) is 9.78 Å². The second kappa shape index (κ2) is 92.8. The van der Waals surface area contributed by atoms with Gasteiger partial charge < -0.3 is 75.3 Å². The fourth-order valence-electron chi connectivity index (χ4n) is 4.78. The summed E-state index contributed by atoms with van der Waals surface area (Å²) in [7, 11) is 3.20. The van der Waals surface area contributed by atoms with E-state index in [9.17, 15) is 4.79 Å². The molecule has 1 unspecified atom stereocenters. The van der Waals surface area contributed by atoms with Gasteiger partial charge in [0.15, 0.2) is 6.29 Å². The van der Waals surface area contributed by atoms with Crippen molar-refractivity contribution in [2.24, 2.45) is 0 Å². The number of amides is 1. The predicted molar refractivity (Wildman–Crippen MR) is 352 cm³/mol. The molecule has 1 amide bonds. The van der Waals surface area contributed by atoms with Gasteiger partial charge in [0.1, 0.15) is 10.6 Å². The first kappa shape index (κ1) is 99.2. The number of hydrogen-bond acceptors (Lipinski definition) is 18. The lowest BCUT2D eigenvalue weighted by Crippen LogP contribution is -2.33. The Hall–Kier alpha value is -2.88. The zero-order chi connectivity index (χ0) is 64.0. The molecule has 0 radical (unpaired) electrons. The molecule has 0 spiro atoms. The molecule has 83 heavy (non-hydrogen) atoms. The molecule has 1 aromatic heterocycles. The minimum absolute atomic E-state index is 0. The predicted octanol–water partition coefficient (Wildman–Crippen LogP) is 11.9. The van der Waals surface area contributed by atoms with E-state index in [1.54, 1.807) is 55.5 Å². The first-order valence-corrected chi connectivity index (χ1v) is 32.1. The van der Waals surface area contributed by atoms with Crippen LogP contribution in [0.2, 0.25) is 0 Å². The maximum absolute atomic E-state index is 10.8. The van der Waals surface area contributed by atoms with E-state index in [1.165, 1.54) is 31.2 Å². The molecule has 17 nitrogen and oxygen atoms in total. The monoisotopic (exact) mass is 1230 g/mol. The Morgan fingerprint density at radius 1 is 0.723 bits per heavy atom. The van der Waals surface area contributed by atoms with Gasteiger partial charge in [0.2, 0.25) is 0 Å². The van der Waals surface area contributed by atoms with Crippen LogP contribution < -0.4 is 5.32 Å². The fourth-order valence-corrected chi connectivity index (χ4v) is 6.43. The van der Waals surface area contributed by atoms with Gasteiger partial charge in [-0.05, 0) is 132 Å². The topological polar surface area (TPSA) is 281 Å². The molecule has 1 saturated heterocycles. The van der Waals surface area contributed by atoms with Crippen LogP contribution in [0.25, 0.3) is 0 Å². The Kier molecular flexibility index (Phi) is 111. The number of carbonyl (C=O) groups excluding carboxylic acids is 1. The molecule has 1 aromatic carbocycles. The Morgan fingerprint density at radius 2 is 1.23 bits per heavy atom. The minimum Gasteiger partial charge on any atom is -0.444 e. The Bertz CT molecular complexity index is 1390. The van der Waals surface area contributed by atoms with E-state index in [-0.39, 0.29) is 66.0 Å². The number of alkyl carbamates (subject to hydrolysis) is 1. The third kappa shape index (κ3) is 111. The van der Waals surface area contributed by atoms with E-state index in [0.29, 0.717) is 33.0 Å². The summed E-state index contributed by atoms with van der Waals surface area (Å²) >= 11 is 0. The van der Waals surface area contributed by atoms with E-state index in [2.05, 4.69) is 57.4 Å². The van der Waals surface area contributed by atoms with Crippen molar-refractivity contribution in [3.05, 3.63) is 72.4 Å². The van der Waals surface area contributed by atoms with Crippen LogP contribution in [0.5, 0.6) is 0 Å². The normalized spacial score (nSPS) is 12.4. The SMILES string of the molecule is C.C#CCC.C=CCC.CC(C)(C)OC(=O)NCCO.CCCCO.CCCCO.CCCCO.CCCOCCO.CCO.CCc1ccc(CO)cc1.OC1CCCCC1.OCCOC1CCCCO1.OCCSSc1ccccn1. The third-order valence-electron chi connectivity index (χ3n) is 9.07. The van der Waals surface area contributed by atoms with E-state index < -0.39 is 11.7 Å². The molecule has 19 heteroatoms. The first-order chi connectivity index (χ1) is 39.5. The number of pyridine rings is 1. The van der Waals surface area contributed by atoms with E-state index >= 15 is 0 Å². The number of rotatable bonds is 22. The molecule has 2 fully saturated rings. The molecule has 1 aliphatic heterocycles. The highest BCUT2D eigenvalue weighted by Crippen LogP contribution is 2.28.